The fourth-order valence-electron chi connectivity index (χ4n) is 3.07. The number of hydrogen-bond acceptors (Lipinski definition) is 2. The summed E-state index contributed by atoms with van der Waals surface area (Å²) in [6, 6.07) is 14.1. The van der Waals surface area contributed by atoms with Crippen molar-refractivity contribution in [1.82, 2.24) is 4.90 Å². The van der Waals surface area contributed by atoms with Crippen LogP contribution in [-0.2, 0) is 17.2 Å². The maximum Gasteiger partial charge on any atom is 0.123 e. The van der Waals surface area contributed by atoms with Gasteiger partial charge < -0.3 is 4.90 Å². The van der Waals surface area contributed by atoms with E-state index in [-0.39, 0.29) is 23.5 Å². The average Bonchev–Trinajstić information content (AvgIpc) is 2.61. The summed E-state index contributed by atoms with van der Waals surface area (Å²) in [6.45, 7) is 2.85. The molecule has 0 aromatic heterocycles. The van der Waals surface area contributed by atoms with Crippen LogP contribution in [0.1, 0.15) is 18.4 Å². The van der Waals surface area contributed by atoms with Crippen LogP contribution in [0.5, 0.6) is 0 Å². The highest BCUT2D eigenvalue weighted by molar-refractivity contribution is 7.85. The molecule has 2 nitrogen and oxygen atoms in total. The van der Waals surface area contributed by atoms with Gasteiger partial charge in [0.2, 0.25) is 0 Å². The van der Waals surface area contributed by atoms with Gasteiger partial charge in [0.05, 0.1) is 20.7 Å². The smallest absolute Gasteiger partial charge is 0.123 e. The molecule has 6 heteroatoms. The number of likely N-dealkylation sites (tertiary alicyclic amines) is 1. The lowest BCUT2D eigenvalue weighted by molar-refractivity contribution is 0.234. The molecule has 3 rings (SSSR count). The fraction of sp³-hybridized carbons (Fsp3) is 0.368. The van der Waals surface area contributed by atoms with E-state index in [1.54, 1.807) is 6.07 Å². The summed E-state index contributed by atoms with van der Waals surface area (Å²) in [5.74, 6) is -0.193. The first-order valence-electron chi connectivity index (χ1n) is 8.25. The predicted molar refractivity (Wildman–Crippen MR) is 105 cm³/mol. The van der Waals surface area contributed by atoms with Gasteiger partial charge in [-0.25, -0.2) is 4.39 Å². The predicted octanol–water partition coefficient (Wildman–Crippen LogP) is 4.72. The van der Waals surface area contributed by atoms with Gasteiger partial charge in [0, 0.05) is 11.8 Å². The molecule has 0 aliphatic carbocycles. The first kappa shape index (κ1) is 20.4. The van der Waals surface area contributed by atoms with Gasteiger partial charge in [-0.3, -0.25) is 4.21 Å². The van der Waals surface area contributed by atoms with Gasteiger partial charge >= 0.3 is 0 Å². The van der Waals surface area contributed by atoms with E-state index >= 15 is 0 Å². The van der Waals surface area contributed by atoms with Crippen LogP contribution in [0.2, 0.25) is 5.02 Å². The molecule has 0 N–H and O–H groups in total. The summed E-state index contributed by atoms with van der Waals surface area (Å²) >= 11 is 6.17. The van der Waals surface area contributed by atoms with Crippen molar-refractivity contribution in [2.75, 3.05) is 19.6 Å². The molecule has 1 aliphatic heterocycles. The van der Waals surface area contributed by atoms with Crippen molar-refractivity contribution < 1.29 is 8.60 Å². The van der Waals surface area contributed by atoms with Gasteiger partial charge in [-0.05, 0) is 62.2 Å². The second-order valence-corrected chi connectivity index (χ2v) is 8.25. The van der Waals surface area contributed by atoms with Gasteiger partial charge in [-0.1, -0.05) is 35.9 Å². The normalized spacial score (nSPS) is 17.0. The van der Waals surface area contributed by atoms with Crippen LogP contribution in [0.15, 0.2) is 53.4 Å². The lowest BCUT2D eigenvalue weighted by Crippen LogP contribution is -2.38. The maximum atomic E-state index is 12.9. The summed E-state index contributed by atoms with van der Waals surface area (Å²) < 4.78 is 25.6. The minimum Gasteiger partial charge on any atom is -0.303 e. The molecular weight excluding hydrogens is 380 g/mol. The maximum absolute atomic E-state index is 12.9. The summed E-state index contributed by atoms with van der Waals surface area (Å²) in [4.78, 5) is 3.15. The van der Waals surface area contributed by atoms with Gasteiger partial charge in [-0.2, -0.15) is 0 Å². The van der Waals surface area contributed by atoms with Crippen molar-refractivity contribution in [2.24, 2.45) is 0 Å². The van der Waals surface area contributed by atoms with Crippen molar-refractivity contribution in [3.8, 4) is 0 Å². The molecule has 1 fully saturated rings. The molecule has 0 bridgehead atoms. The molecule has 0 radical (unpaired) electrons. The zero-order valence-corrected chi connectivity index (χ0v) is 16.3. The van der Waals surface area contributed by atoms with E-state index in [4.69, 9.17) is 11.6 Å². The van der Waals surface area contributed by atoms with Crippen LogP contribution in [0.3, 0.4) is 0 Å². The van der Waals surface area contributed by atoms with Gasteiger partial charge in [0.25, 0.3) is 0 Å². The molecule has 25 heavy (non-hydrogen) atoms. The van der Waals surface area contributed by atoms with Crippen LogP contribution in [0.4, 0.5) is 4.39 Å². The van der Waals surface area contributed by atoms with Gasteiger partial charge in [0.1, 0.15) is 5.82 Å². The molecule has 136 valence electrons. The summed E-state index contributed by atoms with van der Waals surface area (Å²) in [5.41, 5.74) is 1.15. The number of halogens is 3. The van der Waals surface area contributed by atoms with Crippen molar-refractivity contribution in [3.05, 3.63) is 64.9 Å². The Kier molecular flexibility index (Phi) is 7.88. The third-order valence-electron chi connectivity index (χ3n) is 4.52. The van der Waals surface area contributed by atoms with Crippen molar-refractivity contribution in [3.63, 3.8) is 0 Å². The highest BCUT2D eigenvalue weighted by Gasteiger charge is 2.25. The highest BCUT2D eigenvalue weighted by atomic mass is 35.5. The topological polar surface area (TPSA) is 20.3 Å². The molecule has 1 aliphatic rings. The Morgan fingerprint density at radius 1 is 1.08 bits per heavy atom. The van der Waals surface area contributed by atoms with E-state index in [0.29, 0.717) is 5.02 Å². The molecule has 1 unspecified atom stereocenters. The first-order chi connectivity index (χ1) is 11.6. The Morgan fingerprint density at radius 3 is 2.36 bits per heavy atom. The Balaban J connectivity index is 0.00000225. The SMILES string of the molecule is Cl.O=S(c1ccccc1Cl)C1CCN(CCc2ccc(F)cc2)CC1. The van der Waals surface area contributed by atoms with Crippen molar-refractivity contribution in [1.29, 1.82) is 0 Å². The molecule has 0 saturated carbocycles. The number of nitrogens with zero attached hydrogens (tertiary/aromatic N) is 1. The largest absolute Gasteiger partial charge is 0.303 e. The second kappa shape index (κ2) is 9.67. The van der Waals surface area contributed by atoms with Crippen molar-refractivity contribution >= 4 is 34.8 Å². The molecule has 0 spiro atoms. The quantitative estimate of drug-likeness (QED) is 0.722. The number of piperidine rings is 1. The van der Waals surface area contributed by atoms with Crippen LogP contribution in [0, 0.1) is 5.82 Å². The molecular formula is C19H22Cl2FNOS. The first-order valence-corrected chi connectivity index (χ1v) is 9.84. The van der Waals surface area contributed by atoms with Crippen LogP contribution < -0.4 is 0 Å². The second-order valence-electron chi connectivity index (χ2n) is 6.15. The lowest BCUT2D eigenvalue weighted by atomic mass is 10.1. The monoisotopic (exact) mass is 401 g/mol. The number of hydrogen-bond donors (Lipinski definition) is 0. The minimum atomic E-state index is -1.04. The fourth-order valence-corrected chi connectivity index (χ4v) is 4.91. The van der Waals surface area contributed by atoms with Crippen LogP contribution in [-0.4, -0.2) is 34.0 Å². The zero-order chi connectivity index (χ0) is 16.9. The summed E-state index contributed by atoms with van der Waals surface area (Å²) in [6.07, 6.45) is 2.75. The average molecular weight is 402 g/mol. The number of benzene rings is 2. The standard InChI is InChI=1S/C19H21ClFNOS.ClH/c20-18-3-1-2-4-19(18)24(23)17-10-13-22(14-11-17)12-9-15-5-7-16(21)8-6-15;/h1-8,17H,9-14H2;1H. The Bertz CT molecular complexity index is 703. The van der Waals surface area contributed by atoms with E-state index in [9.17, 15) is 8.60 Å². The third-order valence-corrected chi connectivity index (χ3v) is 6.83. The zero-order valence-electron chi connectivity index (χ0n) is 13.9. The van der Waals surface area contributed by atoms with E-state index in [1.165, 1.54) is 12.1 Å². The van der Waals surface area contributed by atoms with E-state index < -0.39 is 10.8 Å². The summed E-state index contributed by atoms with van der Waals surface area (Å²) in [5, 5.41) is 0.765. The Labute approximate surface area is 162 Å². The molecule has 2 aromatic rings. The Hall–Kier alpha value is -0.940. The minimum absolute atomic E-state index is 0. The molecule has 1 heterocycles. The lowest BCUT2D eigenvalue weighted by Gasteiger charge is -2.31. The Morgan fingerprint density at radius 2 is 1.72 bits per heavy atom. The third kappa shape index (κ3) is 5.52. The van der Waals surface area contributed by atoms with Gasteiger partial charge in [-0.15, -0.1) is 12.4 Å². The molecule has 0 amide bonds. The van der Waals surface area contributed by atoms with Crippen molar-refractivity contribution in [2.45, 2.75) is 29.4 Å². The summed E-state index contributed by atoms with van der Waals surface area (Å²) in [7, 11) is -1.04. The van der Waals surface area contributed by atoms with Crippen LogP contribution >= 0.6 is 24.0 Å². The molecule has 1 atom stereocenters. The highest BCUT2D eigenvalue weighted by Crippen LogP contribution is 2.26. The number of rotatable bonds is 5. The molecule has 2 aromatic carbocycles. The van der Waals surface area contributed by atoms with E-state index in [1.807, 2.05) is 30.3 Å². The van der Waals surface area contributed by atoms with Crippen LogP contribution in [0.25, 0.3) is 0 Å². The van der Waals surface area contributed by atoms with E-state index in [0.717, 1.165) is 49.4 Å². The molecule has 1 saturated heterocycles. The van der Waals surface area contributed by atoms with Gasteiger partial charge in [0.15, 0.2) is 0 Å². The van der Waals surface area contributed by atoms with E-state index in [2.05, 4.69) is 4.90 Å².